The van der Waals surface area contributed by atoms with Gasteiger partial charge in [-0.3, -0.25) is 9.59 Å². The molecule has 1 aliphatic heterocycles. The van der Waals surface area contributed by atoms with Gasteiger partial charge >= 0.3 is 17.9 Å². The molecule has 35 heavy (non-hydrogen) atoms. The molecule has 4 fully saturated rings. The van der Waals surface area contributed by atoms with Crippen LogP contribution in [0.3, 0.4) is 0 Å². The Balaban J connectivity index is 1.48. The Bertz CT molecular complexity index is 959. The lowest BCUT2D eigenvalue weighted by Crippen LogP contribution is -2.69. The van der Waals surface area contributed by atoms with Gasteiger partial charge in [0.05, 0.1) is 17.8 Å². The summed E-state index contributed by atoms with van der Waals surface area (Å²) in [5, 5.41) is 24.5. The zero-order valence-corrected chi connectivity index (χ0v) is 21.0. The number of hydrogen-bond donors (Lipinski definition) is 2. The SMILES string of the molecule is CC(=O)OC[C@]12CC[C@@H](OC(C)=O)C[C@]1(O)CC[C@H]1[C@H]2CC[C@@]2(C)[C@H](C3=CC(=O)OC3)CC[C@]12O. The number of carbonyl (C=O) groups is 3. The first kappa shape index (κ1) is 24.8. The van der Waals surface area contributed by atoms with E-state index in [2.05, 4.69) is 6.92 Å². The Morgan fingerprint density at radius 1 is 1.03 bits per heavy atom. The second-order valence-electron chi connectivity index (χ2n) is 12.0. The Morgan fingerprint density at radius 2 is 1.77 bits per heavy atom. The van der Waals surface area contributed by atoms with Crippen molar-refractivity contribution in [3.05, 3.63) is 11.6 Å². The van der Waals surface area contributed by atoms with E-state index in [1.807, 2.05) is 0 Å². The molecule has 0 bridgehead atoms. The second-order valence-corrected chi connectivity index (χ2v) is 12.0. The van der Waals surface area contributed by atoms with Gasteiger partial charge in [0.25, 0.3) is 0 Å². The van der Waals surface area contributed by atoms with E-state index >= 15 is 0 Å². The minimum atomic E-state index is -1.14. The van der Waals surface area contributed by atoms with E-state index in [9.17, 15) is 24.6 Å². The highest BCUT2D eigenvalue weighted by molar-refractivity contribution is 5.85. The van der Waals surface area contributed by atoms with Crippen molar-refractivity contribution in [3.8, 4) is 0 Å². The first-order chi connectivity index (χ1) is 16.4. The average molecular weight is 491 g/mol. The fraction of sp³-hybridized carbons (Fsp3) is 0.815. The summed E-state index contributed by atoms with van der Waals surface area (Å²) >= 11 is 0. The third-order valence-electron chi connectivity index (χ3n) is 10.6. The number of aliphatic hydroxyl groups is 2. The van der Waals surface area contributed by atoms with E-state index in [1.54, 1.807) is 6.08 Å². The second kappa shape index (κ2) is 8.30. The lowest BCUT2D eigenvalue weighted by atomic mass is 9.41. The summed E-state index contributed by atoms with van der Waals surface area (Å²) in [5.74, 6) is -1.03. The van der Waals surface area contributed by atoms with Gasteiger partial charge in [0.1, 0.15) is 12.7 Å². The lowest BCUT2D eigenvalue weighted by Gasteiger charge is -2.66. The minimum absolute atomic E-state index is 0.0221. The van der Waals surface area contributed by atoms with Gasteiger partial charge in [0.2, 0.25) is 0 Å². The number of ether oxygens (including phenoxy) is 3. The maximum atomic E-state index is 12.4. The van der Waals surface area contributed by atoms with Crippen LogP contribution < -0.4 is 0 Å². The van der Waals surface area contributed by atoms with Crippen LogP contribution in [0, 0.1) is 28.6 Å². The first-order valence-corrected chi connectivity index (χ1v) is 13.1. The van der Waals surface area contributed by atoms with Gasteiger partial charge in [-0.2, -0.15) is 0 Å². The number of carbonyl (C=O) groups excluding carboxylic acids is 3. The third-order valence-corrected chi connectivity index (χ3v) is 10.6. The molecule has 8 heteroatoms. The van der Waals surface area contributed by atoms with Crippen molar-refractivity contribution in [2.24, 2.45) is 28.6 Å². The van der Waals surface area contributed by atoms with Gasteiger partial charge in [-0.1, -0.05) is 6.92 Å². The van der Waals surface area contributed by atoms with Gasteiger partial charge in [0, 0.05) is 37.2 Å². The monoisotopic (exact) mass is 490 g/mol. The summed E-state index contributed by atoms with van der Waals surface area (Å²) < 4.78 is 16.3. The van der Waals surface area contributed by atoms with Gasteiger partial charge in [-0.05, 0) is 74.7 Å². The number of rotatable bonds is 4. The van der Waals surface area contributed by atoms with Crippen LogP contribution in [0.25, 0.3) is 0 Å². The molecule has 194 valence electrons. The number of fused-ring (bicyclic) bond motifs is 5. The van der Waals surface area contributed by atoms with Crippen LogP contribution in [-0.4, -0.2) is 58.6 Å². The highest BCUT2D eigenvalue weighted by Gasteiger charge is 2.71. The summed E-state index contributed by atoms with van der Waals surface area (Å²) in [7, 11) is 0. The molecule has 8 atom stereocenters. The van der Waals surface area contributed by atoms with Crippen molar-refractivity contribution >= 4 is 17.9 Å². The molecule has 2 N–H and O–H groups in total. The van der Waals surface area contributed by atoms with Crippen molar-refractivity contribution in [2.75, 3.05) is 13.2 Å². The number of esters is 3. The van der Waals surface area contributed by atoms with Crippen molar-refractivity contribution < 1.29 is 38.8 Å². The molecule has 0 aromatic carbocycles. The Morgan fingerprint density at radius 3 is 2.43 bits per heavy atom. The molecule has 1 heterocycles. The van der Waals surface area contributed by atoms with Crippen LogP contribution in [0.4, 0.5) is 0 Å². The molecule has 4 saturated carbocycles. The maximum absolute atomic E-state index is 12.4. The summed E-state index contributed by atoms with van der Waals surface area (Å²) in [5.41, 5.74) is -2.18. The molecule has 0 unspecified atom stereocenters. The predicted octanol–water partition coefficient (Wildman–Crippen LogP) is 2.83. The molecule has 5 rings (SSSR count). The minimum Gasteiger partial charge on any atom is -0.465 e. The van der Waals surface area contributed by atoms with Crippen LogP contribution in [0.5, 0.6) is 0 Å². The van der Waals surface area contributed by atoms with Crippen molar-refractivity contribution in [1.82, 2.24) is 0 Å². The first-order valence-electron chi connectivity index (χ1n) is 13.1. The molecule has 8 nitrogen and oxygen atoms in total. The zero-order valence-electron chi connectivity index (χ0n) is 21.0. The van der Waals surface area contributed by atoms with Crippen molar-refractivity contribution in [1.29, 1.82) is 0 Å². The molecular formula is C27H38O8. The summed E-state index contributed by atoms with van der Waals surface area (Å²) in [6, 6.07) is 0. The van der Waals surface area contributed by atoms with E-state index in [-0.39, 0.29) is 53.8 Å². The molecular weight excluding hydrogens is 452 g/mol. The average Bonchev–Trinajstić information content (AvgIpc) is 3.31. The van der Waals surface area contributed by atoms with Crippen LogP contribution >= 0.6 is 0 Å². The fourth-order valence-corrected chi connectivity index (χ4v) is 9.03. The normalized spacial score (nSPS) is 46.5. The number of cyclic esters (lactones) is 1. The molecule has 0 saturated heterocycles. The number of hydrogen-bond acceptors (Lipinski definition) is 8. The van der Waals surface area contributed by atoms with Crippen LogP contribution in [-0.2, 0) is 28.6 Å². The van der Waals surface area contributed by atoms with Crippen molar-refractivity contribution in [2.45, 2.75) is 95.9 Å². The molecule has 0 spiro atoms. The van der Waals surface area contributed by atoms with E-state index in [4.69, 9.17) is 14.2 Å². The molecule has 4 aliphatic carbocycles. The molecule has 0 radical (unpaired) electrons. The van der Waals surface area contributed by atoms with Gasteiger partial charge < -0.3 is 24.4 Å². The summed E-state index contributed by atoms with van der Waals surface area (Å²) in [6.07, 6.45) is 6.83. The largest absolute Gasteiger partial charge is 0.465 e. The third kappa shape index (κ3) is 3.57. The van der Waals surface area contributed by atoms with Crippen LogP contribution in [0.2, 0.25) is 0 Å². The van der Waals surface area contributed by atoms with Crippen LogP contribution in [0.15, 0.2) is 11.6 Å². The Hall–Kier alpha value is -1.93. The highest BCUT2D eigenvalue weighted by atomic mass is 16.5. The topological polar surface area (TPSA) is 119 Å². The summed E-state index contributed by atoms with van der Waals surface area (Å²) in [6.45, 7) is 5.33. The summed E-state index contributed by atoms with van der Waals surface area (Å²) in [4.78, 5) is 35.3. The quantitative estimate of drug-likeness (QED) is 0.456. The van der Waals surface area contributed by atoms with E-state index in [0.717, 1.165) is 24.8 Å². The maximum Gasteiger partial charge on any atom is 0.331 e. The highest BCUT2D eigenvalue weighted by Crippen LogP contribution is 2.70. The predicted molar refractivity (Wildman–Crippen MR) is 124 cm³/mol. The van der Waals surface area contributed by atoms with E-state index in [0.29, 0.717) is 45.1 Å². The molecule has 0 amide bonds. The van der Waals surface area contributed by atoms with E-state index < -0.39 is 16.6 Å². The molecule has 5 aliphatic rings. The van der Waals surface area contributed by atoms with E-state index in [1.165, 1.54) is 13.8 Å². The smallest absolute Gasteiger partial charge is 0.331 e. The van der Waals surface area contributed by atoms with Crippen LogP contribution in [0.1, 0.15) is 78.6 Å². The van der Waals surface area contributed by atoms with Gasteiger partial charge in [-0.15, -0.1) is 0 Å². The standard InChI is InChI=1S/C27H38O8/c1-16(28)34-15-25-9-4-19(35-17(2)29)13-26(25,31)10-6-22-21(25)5-8-24(3)20(7-11-27(22,24)32)18-12-23(30)33-14-18/h12,19-22,31-32H,4-11,13-15H2,1-3H3/t19-,20+,21-,22+,24+,25+,26-,27+/m1/s1. The molecule has 0 aromatic rings. The zero-order chi connectivity index (χ0) is 25.2. The van der Waals surface area contributed by atoms with Crippen molar-refractivity contribution in [3.63, 3.8) is 0 Å². The lowest BCUT2D eigenvalue weighted by molar-refractivity contribution is -0.271. The van der Waals surface area contributed by atoms with Gasteiger partial charge in [0.15, 0.2) is 0 Å². The Kier molecular flexibility index (Phi) is 5.87. The Labute approximate surface area is 206 Å². The van der Waals surface area contributed by atoms with Gasteiger partial charge in [-0.25, -0.2) is 4.79 Å². The fourth-order valence-electron chi connectivity index (χ4n) is 9.03. The molecule has 0 aromatic heterocycles.